The number of hydrogen-bond donors (Lipinski definition) is 1. The monoisotopic (exact) mass is 587 g/mol. The SMILES string of the molecule is COc1ccc(N(CC(=O)N(Cc2ccccc2Cl)C(C)C(=O)NC(C)C)S(=O)(=O)c2ccccc2)cc1OC. The largest absolute Gasteiger partial charge is 0.493 e. The maximum absolute atomic E-state index is 14.0. The van der Waals surface area contributed by atoms with E-state index in [1.165, 1.54) is 43.4 Å². The van der Waals surface area contributed by atoms with Gasteiger partial charge in [-0.2, -0.15) is 0 Å². The zero-order valence-corrected chi connectivity index (χ0v) is 24.7. The zero-order valence-electron chi connectivity index (χ0n) is 23.1. The van der Waals surface area contributed by atoms with Crippen molar-refractivity contribution in [3.63, 3.8) is 0 Å². The third kappa shape index (κ3) is 7.25. The summed E-state index contributed by atoms with van der Waals surface area (Å²) in [5.41, 5.74) is 0.803. The van der Waals surface area contributed by atoms with E-state index in [4.69, 9.17) is 21.1 Å². The lowest BCUT2D eigenvalue weighted by Crippen LogP contribution is -2.52. The number of methoxy groups -OCH3 is 2. The minimum Gasteiger partial charge on any atom is -0.493 e. The molecule has 1 unspecified atom stereocenters. The number of nitrogens with zero attached hydrogens (tertiary/aromatic N) is 2. The number of nitrogens with one attached hydrogen (secondary N) is 1. The van der Waals surface area contributed by atoms with Gasteiger partial charge in [-0.15, -0.1) is 0 Å². The second-order valence-corrected chi connectivity index (χ2v) is 11.6. The first-order chi connectivity index (χ1) is 19.0. The maximum Gasteiger partial charge on any atom is 0.264 e. The molecule has 0 aliphatic rings. The van der Waals surface area contributed by atoms with Crippen molar-refractivity contribution < 1.29 is 27.5 Å². The van der Waals surface area contributed by atoms with E-state index in [0.717, 1.165) is 4.31 Å². The van der Waals surface area contributed by atoms with Crippen LogP contribution in [0, 0.1) is 0 Å². The van der Waals surface area contributed by atoms with Crippen LogP contribution < -0.4 is 19.1 Å². The molecule has 0 bridgehead atoms. The fraction of sp³-hybridized carbons (Fsp3) is 0.310. The summed E-state index contributed by atoms with van der Waals surface area (Å²) in [7, 11) is -1.31. The molecule has 0 aromatic heterocycles. The van der Waals surface area contributed by atoms with Crippen molar-refractivity contribution in [2.45, 2.75) is 44.3 Å². The van der Waals surface area contributed by atoms with Gasteiger partial charge in [0.1, 0.15) is 12.6 Å². The Bertz CT molecular complexity index is 1430. The van der Waals surface area contributed by atoms with Crippen LogP contribution in [0.1, 0.15) is 26.3 Å². The molecule has 0 radical (unpaired) electrons. The number of rotatable bonds is 12. The van der Waals surface area contributed by atoms with Gasteiger partial charge in [-0.1, -0.05) is 48.0 Å². The number of sulfonamides is 1. The molecule has 3 aromatic carbocycles. The first kappa shape index (κ1) is 30.8. The molecule has 11 heteroatoms. The number of ether oxygens (including phenoxy) is 2. The van der Waals surface area contributed by atoms with E-state index in [1.807, 2.05) is 13.8 Å². The first-order valence-corrected chi connectivity index (χ1v) is 14.4. The summed E-state index contributed by atoms with van der Waals surface area (Å²) in [6.45, 7) is 4.64. The van der Waals surface area contributed by atoms with Crippen LogP contribution in [0.25, 0.3) is 0 Å². The normalized spacial score (nSPS) is 12.0. The minimum absolute atomic E-state index is 0.000776. The highest BCUT2D eigenvalue weighted by Crippen LogP contribution is 2.34. The molecule has 0 aliphatic heterocycles. The van der Waals surface area contributed by atoms with Gasteiger partial charge in [-0.05, 0) is 56.7 Å². The molecule has 3 rings (SSSR count). The lowest BCUT2D eigenvalue weighted by molar-refractivity contribution is -0.139. The molecule has 0 heterocycles. The van der Waals surface area contributed by atoms with Gasteiger partial charge in [0.2, 0.25) is 11.8 Å². The van der Waals surface area contributed by atoms with Crippen LogP contribution in [0.4, 0.5) is 5.69 Å². The molecule has 1 atom stereocenters. The summed E-state index contributed by atoms with van der Waals surface area (Å²) >= 11 is 6.39. The number of halogens is 1. The number of carbonyl (C=O) groups is 2. The van der Waals surface area contributed by atoms with Crippen LogP contribution in [-0.2, 0) is 26.2 Å². The summed E-state index contributed by atoms with van der Waals surface area (Å²) < 4.78 is 39.5. The standard InChI is InChI=1S/C29H34ClN3O6S/c1-20(2)31-29(35)21(3)32(18-22-11-9-10-14-25(22)30)28(34)19-33(40(36,37)24-12-7-6-8-13-24)23-15-16-26(38-4)27(17-23)39-5/h6-17,20-21H,18-19H2,1-5H3,(H,31,35). The van der Waals surface area contributed by atoms with Gasteiger partial charge >= 0.3 is 0 Å². The number of hydrogen-bond acceptors (Lipinski definition) is 6. The minimum atomic E-state index is -4.21. The van der Waals surface area contributed by atoms with Crippen molar-refractivity contribution in [1.82, 2.24) is 10.2 Å². The summed E-state index contributed by atoms with van der Waals surface area (Å²) in [6.07, 6.45) is 0. The number of amides is 2. The average molecular weight is 588 g/mol. The van der Waals surface area contributed by atoms with E-state index in [1.54, 1.807) is 55.5 Å². The van der Waals surface area contributed by atoms with Crippen LogP contribution in [-0.4, -0.2) is 58.0 Å². The van der Waals surface area contributed by atoms with E-state index in [2.05, 4.69) is 5.32 Å². The molecule has 3 aromatic rings. The Labute approximate surface area is 240 Å². The lowest BCUT2D eigenvalue weighted by atomic mass is 10.1. The van der Waals surface area contributed by atoms with Gasteiger partial charge in [0.15, 0.2) is 11.5 Å². The second kappa shape index (κ2) is 13.5. The van der Waals surface area contributed by atoms with E-state index >= 15 is 0 Å². The predicted octanol–water partition coefficient (Wildman–Crippen LogP) is 4.49. The van der Waals surface area contributed by atoms with E-state index in [0.29, 0.717) is 22.1 Å². The molecule has 40 heavy (non-hydrogen) atoms. The number of benzene rings is 3. The van der Waals surface area contributed by atoms with Gasteiger partial charge in [-0.3, -0.25) is 13.9 Å². The van der Waals surface area contributed by atoms with Crippen molar-refractivity contribution >= 4 is 39.1 Å². The van der Waals surface area contributed by atoms with E-state index < -0.39 is 28.5 Å². The zero-order chi connectivity index (χ0) is 29.4. The summed E-state index contributed by atoms with van der Waals surface area (Å²) in [4.78, 5) is 28.3. The third-order valence-electron chi connectivity index (χ3n) is 6.16. The highest BCUT2D eigenvalue weighted by Gasteiger charge is 2.33. The van der Waals surface area contributed by atoms with Crippen LogP contribution in [0.2, 0.25) is 5.02 Å². The molecular formula is C29H34ClN3O6S. The van der Waals surface area contributed by atoms with Gasteiger partial charge in [0.25, 0.3) is 10.0 Å². The summed E-state index contributed by atoms with van der Waals surface area (Å²) in [6, 6.07) is 18.3. The quantitative estimate of drug-likeness (QED) is 0.335. The molecule has 1 N–H and O–H groups in total. The van der Waals surface area contributed by atoms with Crippen LogP contribution in [0.3, 0.4) is 0 Å². The van der Waals surface area contributed by atoms with Gasteiger partial charge in [0, 0.05) is 23.7 Å². The summed E-state index contributed by atoms with van der Waals surface area (Å²) in [5.74, 6) is -0.285. The van der Waals surface area contributed by atoms with Gasteiger partial charge in [-0.25, -0.2) is 8.42 Å². The van der Waals surface area contributed by atoms with Crippen molar-refractivity contribution in [1.29, 1.82) is 0 Å². The van der Waals surface area contributed by atoms with Gasteiger partial charge < -0.3 is 19.7 Å². The van der Waals surface area contributed by atoms with Crippen LogP contribution >= 0.6 is 11.6 Å². The second-order valence-electron chi connectivity index (χ2n) is 9.32. The third-order valence-corrected chi connectivity index (χ3v) is 8.32. The smallest absolute Gasteiger partial charge is 0.264 e. The molecule has 9 nitrogen and oxygen atoms in total. The molecular weight excluding hydrogens is 554 g/mol. The van der Waals surface area contributed by atoms with Crippen molar-refractivity contribution in [2.75, 3.05) is 25.1 Å². The van der Waals surface area contributed by atoms with E-state index in [-0.39, 0.29) is 29.1 Å². The lowest BCUT2D eigenvalue weighted by Gasteiger charge is -2.32. The van der Waals surface area contributed by atoms with Crippen LogP contribution in [0.5, 0.6) is 11.5 Å². The highest BCUT2D eigenvalue weighted by atomic mass is 35.5. The fourth-order valence-electron chi connectivity index (χ4n) is 4.03. The number of carbonyl (C=O) groups excluding carboxylic acids is 2. The summed E-state index contributed by atoms with van der Waals surface area (Å²) in [5, 5.41) is 3.24. The Morgan fingerprint density at radius 3 is 2.12 bits per heavy atom. The Hall–Kier alpha value is -3.76. The fourth-order valence-corrected chi connectivity index (χ4v) is 5.65. The average Bonchev–Trinajstić information content (AvgIpc) is 2.94. The van der Waals surface area contributed by atoms with Gasteiger partial charge in [0.05, 0.1) is 24.8 Å². The molecule has 214 valence electrons. The predicted molar refractivity (Wildman–Crippen MR) is 155 cm³/mol. The van der Waals surface area contributed by atoms with Crippen molar-refractivity contribution in [3.8, 4) is 11.5 Å². The topological polar surface area (TPSA) is 105 Å². The molecule has 0 saturated carbocycles. The Balaban J connectivity index is 2.09. The Morgan fingerprint density at radius 2 is 1.52 bits per heavy atom. The number of anilines is 1. The molecule has 0 aliphatic carbocycles. The van der Waals surface area contributed by atoms with Crippen molar-refractivity contribution in [3.05, 3.63) is 83.4 Å². The molecule has 0 saturated heterocycles. The molecule has 0 fully saturated rings. The Kier molecular flexibility index (Phi) is 10.4. The van der Waals surface area contributed by atoms with E-state index in [9.17, 15) is 18.0 Å². The highest BCUT2D eigenvalue weighted by molar-refractivity contribution is 7.92. The Morgan fingerprint density at radius 1 is 0.900 bits per heavy atom. The van der Waals surface area contributed by atoms with Crippen molar-refractivity contribution in [2.24, 2.45) is 0 Å². The maximum atomic E-state index is 14.0. The molecule has 0 spiro atoms. The van der Waals surface area contributed by atoms with Crippen LogP contribution in [0.15, 0.2) is 77.7 Å². The first-order valence-electron chi connectivity index (χ1n) is 12.6. The molecule has 2 amide bonds.